The Kier molecular flexibility index (Phi) is 3.22. The number of pyridine rings is 1. The molecule has 1 heterocycles. The standard InChI is InChI=1S/C21H21N/c1-14-18-9-5-3-7-16(18)11-12-19(14)21-15(2)22-13-17-8-4-6-10-20(17)21/h3-10,13-14,19H,11-12H2,1-2H3. The third-order valence-electron chi connectivity index (χ3n) is 5.28. The lowest BCUT2D eigenvalue weighted by molar-refractivity contribution is 0.501. The Bertz CT molecular complexity index is 834. The van der Waals surface area contributed by atoms with Crippen LogP contribution in [0.2, 0.25) is 0 Å². The predicted molar refractivity (Wildman–Crippen MR) is 92.4 cm³/mol. The summed E-state index contributed by atoms with van der Waals surface area (Å²) in [5.74, 6) is 1.12. The fraction of sp³-hybridized carbons (Fsp3) is 0.286. The first kappa shape index (κ1) is 13.5. The van der Waals surface area contributed by atoms with Crippen molar-refractivity contribution < 1.29 is 0 Å². The number of benzene rings is 2. The zero-order valence-corrected chi connectivity index (χ0v) is 13.2. The largest absolute Gasteiger partial charge is 0.261 e. The average Bonchev–Trinajstić information content (AvgIpc) is 2.56. The van der Waals surface area contributed by atoms with Gasteiger partial charge in [0.1, 0.15) is 0 Å². The lowest BCUT2D eigenvalue weighted by atomic mass is 9.72. The zero-order chi connectivity index (χ0) is 15.1. The Morgan fingerprint density at radius 2 is 1.77 bits per heavy atom. The van der Waals surface area contributed by atoms with Crippen LogP contribution in [0.4, 0.5) is 0 Å². The van der Waals surface area contributed by atoms with Gasteiger partial charge in [0.15, 0.2) is 0 Å². The van der Waals surface area contributed by atoms with Gasteiger partial charge in [-0.2, -0.15) is 0 Å². The third-order valence-corrected chi connectivity index (χ3v) is 5.28. The maximum absolute atomic E-state index is 4.67. The molecule has 0 spiro atoms. The molecule has 3 aromatic rings. The summed E-state index contributed by atoms with van der Waals surface area (Å²) in [6.45, 7) is 4.54. The number of hydrogen-bond acceptors (Lipinski definition) is 1. The molecule has 110 valence electrons. The highest BCUT2D eigenvalue weighted by Gasteiger charge is 2.29. The van der Waals surface area contributed by atoms with Crippen LogP contribution in [-0.2, 0) is 6.42 Å². The number of nitrogens with zero attached hydrogens (tertiary/aromatic N) is 1. The second-order valence-corrected chi connectivity index (χ2v) is 6.48. The van der Waals surface area contributed by atoms with Crippen molar-refractivity contribution in [1.29, 1.82) is 0 Å². The average molecular weight is 287 g/mol. The molecule has 2 atom stereocenters. The maximum Gasteiger partial charge on any atom is 0.0414 e. The molecule has 1 aromatic heterocycles. The number of hydrogen-bond donors (Lipinski definition) is 0. The molecule has 0 saturated carbocycles. The normalized spacial score (nSPS) is 20.8. The molecule has 1 nitrogen and oxygen atoms in total. The van der Waals surface area contributed by atoms with Gasteiger partial charge in [-0.15, -0.1) is 0 Å². The Balaban J connectivity index is 1.88. The minimum absolute atomic E-state index is 0.552. The van der Waals surface area contributed by atoms with Crippen LogP contribution in [0.1, 0.15) is 47.6 Å². The number of rotatable bonds is 1. The van der Waals surface area contributed by atoms with Crippen molar-refractivity contribution in [2.24, 2.45) is 0 Å². The maximum atomic E-state index is 4.67. The van der Waals surface area contributed by atoms with Crippen LogP contribution in [0.25, 0.3) is 10.8 Å². The van der Waals surface area contributed by atoms with Gasteiger partial charge in [-0.1, -0.05) is 55.5 Å². The molecule has 0 fully saturated rings. The quantitative estimate of drug-likeness (QED) is 0.586. The topological polar surface area (TPSA) is 12.9 Å². The van der Waals surface area contributed by atoms with Crippen molar-refractivity contribution in [3.8, 4) is 0 Å². The molecule has 0 amide bonds. The van der Waals surface area contributed by atoms with E-state index in [0.717, 1.165) is 0 Å². The fourth-order valence-electron chi connectivity index (χ4n) is 4.13. The second kappa shape index (κ2) is 5.24. The van der Waals surface area contributed by atoms with Gasteiger partial charge in [0.25, 0.3) is 0 Å². The van der Waals surface area contributed by atoms with Crippen LogP contribution >= 0.6 is 0 Å². The van der Waals surface area contributed by atoms with E-state index in [0.29, 0.717) is 11.8 Å². The van der Waals surface area contributed by atoms with Crippen LogP contribution in [0.3, 0.4) is 0 Å². The van der Waals surface area contributed by atoms with E-state index in [-0.39, 0.29) is 0 Å². The second-order valence-electron chi connectivity index (χ2n) is 6.48. The highest BCUT2D eigenvalue weighted by Crippen LogP contribution is 2.44. The lowest BCUT2D eigenvalue weighted by Gasteiger charge is -2.33. The first-order valence-corrected chi connectivity index (χ1v) is 8.18. The molecule has 0 radical (unpaired) electrons. The van der Waals surface area contributed by atoms with Crippen LogP contribution in [0.5, 0.6) is 0 Å². The number of aryl methyl sites for hydroxylation is 2. The molecule has 1 aliphatic rings. The minimum Gasteiger partial charge on any atom is -0.261 e. The lowest BCUT2D eigenvalue weighted by Crippen LogP contribution is -2.18. The van der Waals surface area contributed by atoms with E-state index in [1.165, 1.54) is 46.0 Å². The van der Waals surface area contributed by atoms with E-state index >= 15 is 0 Å². The van der Waals surface area contributed by atoms with Gasteiger partial charge >= 0.3 is 0 Å². The summed E-state index contributed by atoms with van der Waals surface area (Å²) in [5.41, 5.74) is 5.69. The third kappa shape index (κ3) is 2.04. The Morgan fingerprint density at radius 1 is 1.00 bits per heavy atom. The van der Waals surface area contributed by atoms with Gasteiger partial charge in [-0.05, 0) is 53.7 Å². The summed E-state index contributed by atoms with van der Waals surface area (Å²) in [7, 11) is 0. The Hall–Kier alpha value is -2.15. The van der Waals surface area contributed by atoms with Crippen LogP contribution in [0, 0.1) is 6.92 Å². The molecule has 0 N–H and O–H groups in total. The molecule has 1 aliphatic carbocycles. The van der Waals surface area contributed by atoms with Gasteiger partial charge in [-0.3, -0.25) is 4.98 Å². The van der Waals surface area contributed by atoms with E-state index in [1.807, 2.05) is 6.20 Å². The van der Waals surface area contributed by atoms with Crippen LogP contribution in [-0.4, -0.2) is 4.98 Å². The van der Waals surface area contributed by atoms with Crippen molar-refractivity contribution >= 4 is 10.8 Å². The molecule has 2 aromatic carbocycles. The molecular weight excluding hydrogens is 266 g/mol. The summed E-state index contributed by atoms with van der Waals surface area (Å²) in [5, 5.41) is 2.64. The molecule has 22 heavy (non-hydrogen) atoms. The highest BCUT2D eigenvalue weighted by atomic mass is 14.7. The molecular formula is C21H21N. The number of fused-ring (bicyclic) bond motifs is 2. The summed E-state index contributed by atoms with van der Waals surface area (Å²) >= 11 is 0. The van der Waals surface area contributed by atoms with Gasteiger partial charge in [0, 0.05) is 17.3 Å². The summed E-state index contributed by atoms with van der Waals surface area (Å²) in [6.07, 6.45) is 4.40. The number of aromatic nitrogens is 1. The van der Waals surface area contributed by atoms with Crippen LogP contribution in [0.15, 0.2) is 54.7 Å². The molecule has 1 heteroatoms. The summed E-state index contributed by atoms with van der Waals surface area (Å²) in [4.78, 5) is 4.67. The smallest absolute Gasteiger partial charge is 0.0414 e. The van der Waals surface area contributed by atoms with Gasteiger partial charge in [-0.25, -0.2) is 0 Å². The SMILES string of the molecule is Cc1ncc2ccccc2c1C1CCc2ccccc2C1C. The van der Waals surface area contributed by atoms with Gasteiger partial charge in [0.05, 0.1) is 0 Å². The summed E-state index contributed by atoms with van der Waals surface area (Å²) in [6, 6.07) is 17.6. The van der Waals surface area contributed by atoms with Gasteiger partial charge < -0.3 is 0 Å². The van der Waals surface area contributed by atoms with Crippen molar-refractivity contribution in [1.82, 2.24) is 4.98 Å². The fourth-order valence-corrected chi connectivity index (χ4v) is 4.13. The van der Waals surface area contributed by atoms with E-state index in [2.05, 4.69) is 67.4 Å². The molecule has 0 aliphatic heterocycles. The molecule has 0 bridgehead atoms. The molecule has 2 unspecified atom stereocenters. The highest BCUT2D eigenvalue weighted by molar-refractivity contribution is 5.86. The molecule has 0 saturated heterocycles. The zero-order valence-electron chi connectivity index (χ0n) is 13.2. The van der Waals surface area contributed by atoms with E-state index in [9.17, 15) is 0 Å². The van der Waals surface area contributed by atoms with Crippen LogP contribution < -0.4 is 0 Å². The van der Waals surface area contributed by atoms with Crippen molar-refractivity contribution in [3.63, 3.8) is 0 Å². The van der Waals surface area contributed by atoms with Crippen molar-refractivity contribution in [3.05, 3.63) is 77.1 Å². The summed E-state index contributed by atoms with van der Waals surface area (Å²) < 4.78 is 0. The van der Waals surface area contributed by atoms with Crippen molar-refractivity contribution in [2.45, 2.75) is 38.5 Å². The monoisotopic (exact) mass is 287 g/mol. The first-order chi connectivity index (χ1) is 10.8. The Labute approximate surface area is 132 Å². The van der Waals surface area contributed by atoms with E-state index < -0.39 is 0 Å². The first-order valence-electron chi connectivity index (χ1n) is 8.18. The predicted octanol–water partition coefficient (Wildman–Crippen LogP) is 5.38. The van der Waals surface area contributed by atoms with Gasteiger partial charge in [0.2, 0.25) is 0 Å². The molecule has 4 rings (SSSR count). The van der Waals surface area contributed by atoms with E-state index in [1.54, 1.807) is 0 Å². The van der Waals surface area contributed by atoms with E-state index in [4.69, 9.17) is 0 Å². The Morgan fingerprint density at radius 3 is 2.68 bits per heavy atom. The van der Waals surface area contributed by atoms with Crippen molar-refractivity contribution in [2.75, 3.05) is 0 Å². The minimum atomic E-state index is 0.552.